The topological polar surface area (TPSA) is 42.2 Å². The van der Waals surface area contributed by atoms with Gasteiger partial charge in [-0.2, -0.15) is 0 Å². The second kappa shape index (κ2) is 4.99. The van der Waals surface area contributed by atoms with E-state index in [1.165, 1.54) is 12.5 Å². The molecular formula is C12H10BrNO2. The van der Waals surface area contributed by atoms with E-state index in [9.17, 15) is 4.79 Å². The predicted octanol–water partition coefficient (Wildman–Crippen LogP) is 2.97. The first-order valence-electron chi connectivity index (χ1n) is 4.80. The number of benzene rings is 1. The van der Waals surface area contributed by atoms with Gasteiger partial charge in [-0.15, -0.1) is 0 Å². The van der Waals surface area contributed by atoms with Crippen LogP contribution in [-0.2, 0) is 6.54 Å². The molecule has 1 N–H and O–H groups in total. The lowest BCUT2D eigenvalue weighted by Crippen LogP contribution is -2.22. The molecule has 4 heteroatoms. The van der Waals surface area contributed by atoms with Crippen molar-refractivity contribution in [1.29, 1.82) is 0 Å². The van der Waals surface area contributed by atoms with Gasteiger partial charge >= 0.3 is 0 Å². The molecule has 0 unspecified atom stereocenters. The number of nitrogens with one attached hydrogen (secondary N) is 1. The lowest BCUT2D eigenvalue weighted by molar-refractivity contribution is 0.0950. The first kappa shape index (κ1) is 11.0. The smallest absolute Gasteiger partial charge is 0.254 e. The Morgan fingerprint density at radius 2 is 2.00 bits per heavy atom. The molecule has 16 heavy (non-hydrogen) atoms. The first-order valence-corrected chi connectivity index (χ1v) is 5.60. The Morgan fingerprint density at radius 3 is 2.62 bits per heavy atom. The SMILES string of the molecule is O=C(NCc1ccc(Br)cc1)c1ccoc1. The van der Waals surface area contributed by atoms with Crippen molar-refractivity contribution >= 4 is 21.8 Å². The highest BCUT2D eigenvalue weighted by Crippen LogP contribution is 2.10. The van der Waals surface area contributed by atoms with E-state index in [1.807, 2.05) is 24.3 Å². The second-order valence-corrected chi connectivity index (χ2v) is 4.24. The molecule has 1 aromatic heterocycles. The summed E-state index contributed by atoms with van der Waals surface area (Å²) in [6.07, 6.45) is 2.91. The molecule has 0 spiro atoms. The summed E-state index contributed by atoms with van der Waals surface area (Å²) in [6, 6.07) is 9.44. The van der Waals surface area contributed by atoms with Crippen LogP contribution in [0.25, 0.3) is 0 Å². The molecular weight excluding hydrogens is 270 g/mol. The Labute approximate surface area is 102 Å². The van der Waals surface area contributed by atoms with Crippen LogP contribution in [0.5, 0.6) is 0 Å². The van der Waals surface area contributed by atoms with Gasteiger partial charge in [-0.1, -0.05) is 28.1 Å². The van der Waals surface area contributed by atoms with Gasteiger partial charge in [0, 0.05) is 11.0 Å². The molecule has 0 bridgehead atoms. The van der Waals surface area contributed by atoms with Crippen LogP contribution in [0.1, 0.15) is 15.9 Å². The zero-order valence-electron chi connectivity index (χ0n) is 8.44. The van der Waals surface area contributed by atoms with E-state index in [-0.39, 0.29) is 5.91 Å². The van der Waals surface area contributed by atoms with Crippen LogP contribution in [0.4, 0.5) is 0 Å². The Morgan fingerprint density at radius 1 is 1.25 bits per heavy atom. The van der Waals surface area contributed by atoms with E-state index in [4.69, 9.17) is 4.42 Å². The number of furan rings is 1. The van der Waals surface area contributed by atoms with Crippen molar-refractivity contribution in [2.75, 3.05) is 0 Å². The fraction of sp³-hybridized carbons (Fsp3) is 0.0833. The highest BCUT2D eigenvalue weighted by Gasteiger charge is 2.05. The molecule has 0 fully saturated rings. The van der Waals surface area contributed by atoms with Gasteiger partial charge in [-0.3, -0.25) is 4.79 Å². The van der Waals surface area contributed by atoms with Crippen LogP contribution in [0.3, 0.4) is 0 Å². The molecule has 0 aliphatic carbocycles. The van der Waals surface area contributed by atoms with Crippen LogP contribution in [0, 0.1) is 0 Å². The zero-order chi connectivity index (χ0) is 11.4. The van der Waals surface area contributed by atoms with Gasteiger partial charge in [0.1, 0.15) is 6.26 Å². The fourth-order valence-electron chi connectivity index (χ4n) is 1.28. The summed E-state index contributed by atoms with van der Waals surface area (Å²) in [5, 5.41) is 2.81. The summed E-state index contributed by atoms with van der Waals surface area (Å²) in [4.78, 5) is 11.6. The minimum atomic E-state index is -0.128. The van der Waals surface area contributed by atoms with Crippen molar-refractivity contribution in [2.24, 2.45) is 0 Å². The summed E-state index contributed by atoms with van der Waals surface area (Å²) >= 11 is 3.36. The molecule has 0 saturated heterocycles. The molecule has 1 amide bonds. The normalized spacial score (nSPS) is 10.1. The van der Waals surface area contributed by atoms with Crippen molar-refractivity contribution in [2.45, 2.75) is 6.54 Å². The van der Waals surface area contributed by atoms with Crippen LogP contribution >= 0.6 is 15.9 Å². The number of carbonyl (C=O) groups is 1. The molecule has 0 radical (unpaired) electrons. The minimum Gasteiger partial charge on any atom is -0.472 e. The van der Waals surface area contributed by atoms with Crippen molar-refractivity contribution in [3.05, 3.63) is 58.5 Å². The van der Waals surface area contributed by atoms with Crippen molar-refractivity contribution < 1.29 is 9.21 Å². The second-order valence-electron chi connectivity index (χ2n) is 3.32. The van der Waals surface area contributed by atoms with E-state index in [0.29, 0.717) is 12.1 Å². The number of hydrogen-bond donors (Lipinski definition) is 1. The zero-order valence-corrected chi connectivity index (χ0v) is 10.0. The maximum Gasteiger partial charge on any atom is 0.254 e. The van der Waals surface area contributed by atoms with Crippen molar-refractivity contribution in [3.63, 3.8) is 0 Å². The minimum absolute atomic E-state index is 0.128. The number of hydrogen-bond acceptors (Lipinski definition) is 2. The summed E-state index contributed by atoms with van der Waals surface area (Å²) in [5.74, 6) is -0.128. The standard InChI is InChI=1S/C12H10BrNO2/c13-11-3-1-9(2-4-11)7-14-12(15)10-5-6-16-8-10/h1-6,8H,7H2,(H,14,15). The van der Waals surface area contributed by atoms with Gasteiger partial charge in [-0.25, -0.2) is 0 Å². The molecule has 82 valence electrons. The monoisotopic (exact) mass is 279 g/mol. The third-order valence-electron chi connectivity index (χ3n) is 2.15. The molecule has 1 heterocycles. The molecule has 2 aromatic rings. The van der Waals surface area contributed by atoms with Crippen LogP contribution in [0.2, 0.25) is 0 Å². The summed E-state index contributed by atoms with van der Waals surface area (Å²) in [5.41, 5.74) is 1.59. The molecule has 0 saturated carbocycles. The third-order valence-corrected chi connectivity index (χ3v) is 2.68. The fourth-order valence-corrected chi connectivity index (χ4v) is 1.54. The van der Waals surface area contributed by atoms with Gasteiger partial charge in [0.2, 0.25) is 0 Å². The highest BCUT2D eigenvalue weighted by molar-refractivity contribution is 9.10. The average molecular weight is 280 g/mol. The van der Waals surface area contributed by atoms with Crippen molar-refractivity contribution in [1.82, 2.24) is 5.32 Å². The molecule has 0 aliphatic heterocycles. The Balaban J connectivity index is 1.93. The summed E-state index contributed by atoms with van der Waals surface area (Å²) < 4.78 is 5.86. The van der Waals surface area contributed by atoms with E-state index >= 15 is 0 Å². The number of carbonyl (C=O) groups excluding carboxylic acids is 1. The van der Waals surface area contributed by atoms with Gasteiger partial charge in [-0.05, 0) is 23.8 Å². The van der Waals surface area contributed by atoms with E-state index in [2.05, 4.69) is 21.2 Å². The Kier molecular flexibility index (Phi) is 3.41. The van der Waals surface area contributed by atoms with E-state index < -0.39 is 0 Å². The van der Waals surface area contributed by atoms with Gasteiger partial charge < -0.3 is 9.73 Å². The molecule has 1 aromatic carbocycles. The molecule has 2 rings (SSSR count). The number of amides is 1. The van der Waals surface area contributed by atoms with Crippen LogP contribution in [-0.4, -0.2) is 5.91 Å². The van der Waals surface area contributed by atoms with E-state index in [1.54, 1.807) is 6.07 Å². The quantitative estimate of drug-likeness (QED) is 0.939. The van der Waals surface area contributed by atoms with Gasteiger partial charge in [0.15, 0.2) is 0 Å². The maximum absolute atomic E-state index is 11.6. The van der Waals surface area contributed by atoms with Crippen molar-refractivity contribution in [3.8, 4) is 0 Å². The number of rotatable bonds is 3. The number of halogens is 1. The van der Waals surface area contributed by atoms with Crippen LogP contribution in [0.15, 0.2) is 51.7 Å². The Hall–Kier alpha value is -1.55. The Bertz CT molecular complexity index is 462. The lowest BCUT2D eigenvalue weighted by Gasteiger charge is -2.03. The molecule has 0 atom stereocenters. The van der Waals surface area contributed by atoms with Gasteiger partial charge in [0.05, 0.1) is 11.8 Å². The summed E-state index contributed by atoms with van der Waals surface area (Å²) in [6.45, 7) is 0.511. The van der Waals surface area contributed by atoms with Crippen LogP contribution < -0.4 is 5.32 Å². The molecule has 0 aliphatic rings. The third kappa shape index (κ3) is 2.73. The average Bonchev–Trinajstić information content (AvgIpc) is 2.81. The highest BCUT2D eigenvalue weighted by atomic mass is 79.9. The largest absolute Gasteiger partial charge is 0.472 e. The first-order chi connectivity index (χ1) is 7.75. The summed E-state index contributed by atoms with van der Waals surface area (Å²) in [7, 11) is 0. The lowest BCUT2D eigenvalue weighted by atomic mass is 10.2. The van der Waals surface area contributed by atoms with E-state index in [0.717, 1.165) is 10.0 Å². The molecule has 3 nitrogen and oxygen atoms in total. The van der Waals surface area contributed by atoms with Gasteiger partial charge in [0.25, 0.3) is 5.91 Å². The maximum atomic E-state index is 11.6. The predicted molar refractivity (Wildman–Crippen MR) is 64.0 cm³/mol.